The van der Waals surface area contributed by atoms with Crippen molar-refractivity contribution < 1.29 is 4.79 Å². The number of nitrogens with two attached hydrogens (primary N) is 1. The highest BCUT2D eigenvalue weighted by Gasteiger charge is 2.12. The number of thioether (sulfide) groups is 1. The molecule has 78 valence electrons. The first-order valence-electron chi connectivity index (χ1n) is 4.12. The number of rotatable bonds is 4. The minimum absolute atomic E-state index is 0.137. The molecule has 1 amide bonds. The molecule has 0 aromatic carbocycles. The van der Waals surface area contributed by atoms with Crippen molar-refractivity contribution in [1.29, 1.82) is 0 Å². The zero-order chi connectivity index (χ0) is 10.6. The molecular weight excluding hydrogens is 202 g/mol. The van der Waals surface area contributed by atoms with Crippen molar-refractivity contribution in [2.45, 2.75) is 12.1 Å². The van der Waals surface area contributed by atoms with Gasteiger partial charge in [-0.15, -0.1) is 0 Å². The largest absolute Gasteiger partial charge is 0.294 e. The molecule has 0 aliphatic heterocycles. The standard InChI is InChI=1S/C7H13N5OS/c1-5(6(13)11-8)3-14-7-9-4-10-12(7)2/h4-5H,3,8H2,1-2H3,(H,11,13). The topological polar surface area (TPSA) is 85.8 Å². The Bertz CT molecular complexity index is 313. The maximum atomic E-state index is 11.1. The lowest BCUT2D eigenvalue weighted by molar-refractivity contribution is -0.123. The Balaban J connectivity index is 2.41. The summed E-state index contributed by atoms with van der Waals surface area (Å²) in [4.78, 5) is 15.1. The quantitative estimate of drug-likeness (QED) is 0.307. The lowest BCUT2D eigenvalue weighted by Gasteiger charge is -2.07. The zero-order valence-corrected chi connectivity index (χ0v) is 8.91. The summed E-state index contributed by atoms with van der Waals surface area (Å²) >= 11 is 1.48. The summed E-state index contributed by atoms with van der Waals surface area (Å²) in [5.74, 6) is 5.34. The Morgan fingerprint density at radius 3 is 3.07 bits per heavy atom. The van der Waals surface area contributed by atoms with Crippen LogP contribution in [0.25, 0.3) is 0 Å². The second kappa shape index (κ2) is 4.97. The first kappa shape index (κ1) is 11.0. The summed E-state index contributed by atoms with van der Waals surface area (Å²) in [5.41, 5.74) is 2.11. The second-order valence-electron chi connectivity index (χ2n) is 2.89. The normalized spacial score (nSPS) is 12.5. The molecule has 0 aliphatic carbocycles. The van der Waals surface area contributed by atoms with Crippen LogP contribution in [0, 0.1) is 5.92 Å². The van der Waals surface area contributed by atoms with Gasteiger partial charge in [-0.3, -0.25) is 10.2 Å². The van der Waals surface area contributed by atoms with E-state index in [0.29, 0.717) is 5.75 Å². The zero-order valence-electron chi connectivity index (χ0n) is 8.10. The number of aryl methyl sites for hydroxylation is 1. The Morgan fingerprint density at radius 2 is 2.57 bits per heavy atom. The molecule has 0 saturated heterocycles. The van der Waals surface area contributed by atoms with E-state index in [1.165, 1.54) is 18.1 Å². The van der Waals surface area contributed by atoms with Crippen molar-refractivity contribution in [2.24, 2.45) is 18.8 Å². The number of aromatic nitrogens is 3. The van der Waals surface area contributed by atoms with E-state index < -0.39 is 0 Å². The van der Waals surface area contributed by atoms with Crippen molar-refractivity contribution in [1.82, 2.24) is 20.2 Å². The molecule has 1 unspecified atom stereocenters. The van der Waals surface area contributed by atoms with E-state index >= 15 is 0 Å². The van der Waals surface area contributed by atoms with Crippen molar-refractivity contribution in [2.75, 3.05) is 5.75 Å². The fourth-order valence-electron chi connectivity index (χ4n) is 0.834. The summed E-state index contributed by atoms with van der Waals surface area (Å²) in [7, 11) is 1.81. The molecule has 1 atom stereocenters. The Hall–Kier alpha value is -1.08. The third-order valence-corrected chi connectivity index (χ3v) is 3.02. The third kappa shape index (κ3) is 2.71. The van der Waals surface area contributed by atoms with Crippen LogP contribution in [-0.4, -0.2) is 26.4 Å². The molecule has 14 heavy (non-hydrogen) atoms. The number of hydrogen-bond donors (Lipinski definition) is 2. The number of nitrogens with zero attached hydrogens (tertiary/aromatic N) is 3. The van der Waals surface area contributed by atoms with Crippen molar-refractivity contribution >= 4 is 17.7 Å². The second-order valence-corrected chi connectivity index (χ2v) is 3.87. The van der Waals surface area contributed by atoms with Gasteiger partial charge in [0.25, 0.3) is 0 Å². The number of nitrogens with one attached hydrogen (secondary N) is 1. The highest BCUT2D eigenvalue weighted by molar-refractivity contribution is 7.99. The van der Waals surface area contributed by atoms with Gasteiger partial charge in [0.2, 0.25) is 5.91 Å². The molecular formula is C7H13N5OS. The van der Waals surface area contributed by atoms with Gasteiger partial charge in [-0.2, -0.15) is 5.10 Å². The average molecular weight is 215 g/mol. The van der Waals surface area contributed by atoms with Gasteiger partial charge in [0.1, 0.15) is 6.33 Å². The van der Waals surface area contributed by atoms with E-state index in [9.17, 15) is 4.79 Å². The Labute approximate surface area is 86.2 Å². The van der Waals surface area contributed by atoms with Gasteiger partial charge >= 0.3 is 0 Å². The summed E-state index contributed by atoms with van der Waals surface area (Å²) in [6.45, 7) is 1.81. The number of hydrogen-bond acceptors (Lipinski definition) is 5. The lowest BCUT2D eigenvalue weighted by Crippen LogP contribution is -2.35. The van der Waals surface area contributed by atoms with Gasteiger partial charge in [0.15, 0.2) is 5.16 Å². The average Bonchev–Trinajstić information content (AvgIpc) is 2.59. The van der Waals surface area contributed by atoms with Crippen molar-refractivity contribution in [3.63, 3.8) is 0 Å². The fourth-order valence-corrected chi connectivity index (χ4v) is 1.74. The number of amides is 1. The van der Waals surface area contributed by atoms with Crippen LogP contribution in [0.2, 0.25) is 0 Å². The third-order valence-electron chi connectivity index (χ3n) is 1.72. The highest BCUT2D eigenvalue weighted by atomic mass is 32.2. The molecule has 7 heteroatoms. The molecule has 0 bridgehead atoms. The maximum absolute atomic E-state index is 11.1. The molecule has 1 aromatic rings. The van der Waals surface area contributed by atoms with Gasteiger partial charge < -0.3 is 0 Å². The van der Waals surface area contributed by atoms with Crippen LogP contribution in [0.15, 0.2) is 11.5 Å². The molecule has 0 fully saturated rings. The van der Waals surface area contributed by atoms with Crippen LogP contribution < -0.4 is 11.3 Å². The number of carbonyl (C=O) groups excluding carboxylic acids is 1. The molecule has 1 heterocycles. The molecule has 6 nitrogen and oxygen atoms in total. The predicted octanol–water partition coefficient (Wildman–Crippen LogP) is -0.467. The van der Waals surface area contributed by atoms with Crippen molar-refractivity contribution in [3.05, 3.63) is 6.33 Å². The molecule has 1 rings (SSSR count). The Kier molecular flexibility index (Phi) is 3.90. The monoisotopic (exact) mass is 215 g/mol. The van der Waals surface area contributed by atoms with Gasteiger partial charge in [-0.25, -0.2) is 15.5 Å². The lowest BCUT2D eigenvalue weighted by atomic mass is 10.2. The van der Waals surface area contributed by atoms with Crippen LogP contribution >= 0.6 is 11.8 Å². The summed E-state index contributed by atoms with van der Waals surface area (Å²) < 4.78 is 1.66. The van der Waals surface area contributed by atoms with E-state index in [4.69, 9.17) is 5.84 Å². The van der Waals surface area contributed by atoms with Gasteiger partial charge in [0.05, 0.1) is 0 Å². The smallest absolute Gasteiger partial charge is 0.237 e. The fraction of sp³-hybridized carbons (Fsp3) is 0.571. The minimum Gasteiger partial charge on any atom is -0.294 e. The van der Waals surface area contributed by atoms with Crippen LogP contribution in [0.3, 0.4) is 0 Å². The molecule has 3 N–H and O–H groups in total. The molecule has 0 spiro atoms. The van der Waals surface area contributed by atoms with E-state index in [1.54, 1.807) is 4.68 Å². The number of hydrazine groups is 1. The van der Waals surface area contributed by atoms with E-state index in [0.717, 1.165) is 5.16 Å². The van der Waals surface area contributed by atoms with Crippen LogP contribution in [0.4, 0.5) is 0 Å². The van der Waals surface area contributed by atoms with Crippen LogP contribution in [0.5, 0.6) is 0 Å². The summed E-state index contributed by atoms with van der Waals surface area (Å²) in [6.07, 6.45) is 1.48. The van der Waals surface area contributed by atoms with Gasteiger partial charge in [0, 0.05) is 18.7 Å². The molecule has 0 saturated carbocycles. The predicted molar refractivity (Wildman–Crippen MR) is 53.2 cm³/mol. The van der Waals surface area contributed by atoms with Gasteiger partial charge in [-0.1, -0.05) is 18.7 Å². The summed E-state index contributed by atoms with van der Waals surface area (Å²) in [5, 5.41) is 4.71. The number of carbonyl (C=O) groups is 1. The summed E-state index contributed by atoms with van der Waals surface area (Å²) in [6, 6.07) is 0. The van der Waals surface area contributed by atoms with Crippen molar-refractivity contribution in [3.8, 4) is 0 Å². The van der Waals surface area contributed by atoms with E-state index in [-0.39, 0.29) is 11.8 Å². The first-order chi connectivity index (χ1) is 6.65. The molecule has 0 radical (unpaired) electrons. The maximum Gasteiger partial charge on any atom is 0.237 e. The molecule has 0 aliphatic rings. The van der Waals surface area contributed by atoms with E-state index in [1.807, 2.05) is 14.0 Å². The SMILES string of the molecule is CC(CSc1ncnn1C)C(=O)NN. The first-order valence-corrected chi connectivity index (χ1v) is 5.11. The van der Waals surface area contributed by atoms with E-state index in [2.05, 4.69) is 15.5 Å². The highest BCUT2D eigenvalue weighted by Crippen LogP contribution is 2.16. The van der Waals surface area contributed by atoms with Crippen LogP contribution in [0.1, 0.15) is 6.92 Å². The Morgan fingerprint density at radius 1 is 1.86 bits per heavy atom. The minimum atomic E-state index is -0.167. The molecule has 1 aromatic heterocycles. The van der Waals surface area contributed by atoms with Crippen LogP contribution in [-0.2, 0) is 11.8 Å². The van der Waals surface area contributed by atoms with Gasteiger partial charge in [-0.05, 0) is 0 Å².